The van der Waals surface area contributed by atoms with Gasteiger partial charge in [-0.15, -0.1) is 0 Å². The van der Waals surface area contributed by atoms with Crippen molar-refractivity contribution in [3.05, 3.63) is 12.2 Å². The molecule has 2 aliphatic carbocycles. The molecule has 0 aliphatic heterocycles. The van der Waals surface area contributed by atoms with Crippen LogP contribution in [0.25, 0.3) is 0 Å². The average Bonchev–Trinajstić information content (AvgIpc) is 2.72. The first-order valence-corrected chi connectivity index (χ1v) is 5.92. The predicted molar refractivity (Wildman–Crippen MR) is 57.0 cm³/mol. The van der Waals surface area contributed by atoms with Crippen molar-refractivity contribution in [3.63, 3.8) is 0 Å². The van der Waals surface area contributed by atoms with E-state index in [-0.39, 0.29) is 0 Å². The maximum atomic E-state index is 12.1. The zero-order valence-electron chi connectivity index (χ0n) is 9.43. The lowest BCUT2D eigenvalue weighted by Gasteiger charge is -2.22. The summed E-state index contributed by atoms with van der Waals surface area (Å²) in [5.74, 6) is 1.84. The molecule has 2 bridgehead atoms. The quantitative estimate of drug-likeness (QED) is 0.736. The van der Waals surface area contributed by atoms with Crippen LogP contribution in [0, 0.1) is 17.8 Å². The molecule has 0 spiro atoms. The number of hydrogen-bond acceptors (Lipinski definition) is 1. The van der Waals surface area contributed by atoms with Gasteiger partial charge >= 0.3 is 6.18 Å². The minimum atomic E-state index is -4.05. The number of fused-ring (bicyclic) bond motifs is 2. The molecule has 2 aliphatic rings. The topological polar surface area (TPSA) is 12.0 Å². The maximum absolute atomic E-state index is 12.1. The van der Waals surface area contributed by atoms with Gasteiger partial charge in [0.15, 0.2) is 0 Å². The standard InChI is InChI=1S/C12H18F3N/c1-8(6-12(13,14)15)16-7-11-5-9-2-3-10(11)4-9/h2-3,8-11,16H,4-7H2,1H3. The molecule has 0 aromatic heterocycles. The highest BCUT2D eigenvalue weighted by Gasteiger charge is 2.36. The van der Waals surface area contributed by atoms with Crippen LogP contribution in [0.5, 0.6) is 0 Å². The summed E-state index contributed by atoms with van der Waals surface area (Å²) in [6.07, 6.45) is 2.05. The van der Waals surface area contributed by atoms with Gasteiger partial charge in [-0.05, 0) is 44.1 Å². The molecule has 4 unspecified atom stereocenters. The summed E-state index contributed by atoms with van der Waals surface area (Å²) in [5, 5.41) is 3.01. The molecule has 1 nitrogen and oxygen atoms in total. The second kappa shape index (κ2) is 4.40. The normalized spacial score (nSPS) is 34.6. The molecule has 0 aromatic rings. The lowest BCUT2D eigenvalue weighted by Crippen LogP contribution is -2.35. The van der Waals surface area contributed by atoms with E-state index in [1.165, 1.54) is 6.42 Å². The van der Waals surface area contributed by atoms with Crippen molar-refractivity contribution in [1.29, 1.82) is 0 Å². The minimum Gasteiger partial charge on any atom is -0.314 e. The Kier molecular flexibility index (Phi) is 3.29. The van der Waals surface area contributed by atoms with Gasteiger partial charge in [0.2, 0.25) is 0 Å². The molecular formula is C12H18F3N. The van der Waals surface area contributed by atoms with E-state index in [2.05, 4.69) is 17.5 Å². The highest BCUT2D eigenvalue weighted by Crippen LogP contribution is 2.43. The second-order valence-electron chi connectivity index (χ2n) is 5.17. The van der Waals surface area contributed by atoms with E-state index < -0.39 is 18.6 Å². The first-order valence-electron chi connectivity index (χ1n) is 5.92. The first-order chi connectivity index (χ1) is 7.44. The van der Waals surface area contributed by atoms with Crippen LogP contribution in [-0.4, -0.2) is 18.8 Å². The lowest BCUT2D eigenvalue weighted by molar-refractivity contribution is -0.139. The van der Waals surface area contributed by atoms with Gasteiger partial charge in [-0.1, -0.05) is 12.2 Å². The van der Waals surface area contributed by atoms with Crippen LogP contribution in [0.4, 0.5) is 13.2 Å². The van der Waals surface area contributed by atoms with Crippen LogP contribution in [0.3, 0.4) is 0 Å². The Hall–Kier alpha value is -0.510. The van der Waals surface area contributed by atoms with Gasteiger partial charge in [0.25, 0.3) is 0 Å². The third kappa shape index (κ3) is 3.00. The van der Waals surface area contributed by atoms with Gasteiger partial charge in [0.05, 0.1) is 6.42 Å². The summed E-state index contributed by atoms with van der Waals surface area (Å²) >= 11 is 0. The van der Waals surface area contributed by atoms with Crippen LogP contribution < -0.4 is 5.32 Å². The Morgan fingerprint density at radius 2 is 2.06 bits per heavy atom. The summed E-state index contributed by atoms with van der Waals surface area (Å²) in [5.41, 5.74) is 0. The third-order valence-corrected chi connectivity index (χ3v) is 3.68. The van der Waals surface area contributed by atoms with Crippen LogP contribution in [0.1, 0.15) is 26.2 Å². The lowest BCUT2D eigenvalue weighted by atomic mass is 9.93. The van der Waals surface area contributed by atoms with Gasteiger partial charge in [-0.3, -0.25) is 0 Å². The van der Waals surface area contributed by atoms with Crippen LogP contribution in [-0.2, 0) is 0 Å². The van der Waals surface area contributed by atoms with Crippen molar-refractivity contribution in [2.45, 2.75) is 38.4 Å². The second-order valence-corrected chi connectivity index (χ2v) is 5.17. The van der Waals surface area contributed by atoms with E-state index in [1.54, 1.807) is 6.92 Å². The molecule has 1 saturated carbocycles. The van der Waals surface area contributed by atoms with Crippen molar-refractivity contribution < 1.29 is 13.2 Å². The highest BCUT2D eigenvalue weighted by atomic mass is 19.4. The van der Waals surface area contributed by atoms with Gasteiger partial charge in [-0.2, -0.15) is 13.2 Å². The number of allylic oxidation sites excluding steroid dienone is 2. The molecule has 2 rings (SSSR count). The fraction of sp³-hybridized carbons (Fsp3) is 0.833. The Morgan fingerprint density at radius 1 is 1.31 bits per heavy atom. The molecule has 0 saturated heterocycles. The molecule has 92 valence electrons. The largest absolute Gasteiger partial charge is 0.390 e. The smallest absolute Gasteiger partial charge is 0.314 e. The first kappa shape index (κ1) is 12.0. The molecular weight excluding hydrogens is 215 g/mol. The van der Waals surface area contributed by atoms with E-state index in [1.807, 2.05) is 0 Å². The number of nitrogens with one attached hydrogen (secondary N) is 1. The maximum Gasteiger partial charge on any atom is 0.390 e. The summed E-state index contributed by atoms with van der Waals surface area (Å²) in [6.45, 7) is 2.33. The number of halogens is 3. The van der Waals surface area contributed by atoms with Crippen molar-refractivity contribution in [2.24, 2.45) is 17.8 Å². The number of hydrogen-bond donors (Lipinski definition) is 1. The summed E-state index contributed by atoms with van der Waals surface area (Å²) < 4.78 is 36.3. The molecule has 0 aromatic carbocycles. The van der Waals surface area contributed by atoms with Crippen LogP contribution in [0.2, 0.25) is 0 Å². The molecule has 0 radical (unpaired) electrons. The van der Waals surface area contributed by atoms with Gasteiger partial charge < -0.3 is 5.32 Å². The Morgan fingerprint density at radius 3 is 2.56 bits per heavy atom. The van der Waals surface area contributed by atoms with Crippen molar-refractivity contribution in [2.75, 3.05) is 6.54 Å². The molecule has 0 amide bonds. The van der Waals surface area contributed by atoms with Crippen molar-refractivity contribution in [1.82, 2.24) is 5.32 Å². The Bertz CT molecular complexity index is 272. The monoisotopic (exact) mass is 233 g/mol. The summed E-state index contributed by atoms with van der Waals surface area (Å²) in [6, 6.07) is -0.469. The van der Waals surface area contributed by atoms with E-state index in [9.17, 15) is 13.2 Å². The fourth-order valence-electron chi connectivity index (χ4n) is 2.90. The Labute approximate surface area is 94.1 Å². The van der Waals surface area contributed by atoms with Gasteiger partial charge in [0, 0.05) is 6.04 Å². The molecule has 1 fully saturated rings. The van der Waals surface area contributed by atoms with Gasteiger partial charge in [-0.25, -0.2) is 0 Å². The van der Waals surface area contributed by atoms with Crippen molar-refractivity contribution >= 4 is 0 Å². The molecule has 0 heterocycles. The van der Waals surface area contributed by atoms with E-state index in [0.29, 0.717) is 17.8 Å². The SMILES string of the molecule is CC(CC(F)(F)F)NCC1CC2C=CC1C2. The summed E-state index contributed by atoms with van der Waals surface area (Å²) in [7, 11) is 0. The van der Waals surface area contributed by atoms with E-state index in [0.717, 1.165) is 13.0 Å². The van der Waals surface area contributed by atoms with Crippen LogP contribution >= 0.6 is 0 Å². The van der Waals surface area contributed by atoms with E-state index >= 15 is 0 Å². The average molecular weight is 233 g/mol. The highest BCUT2D eigenvalue weighted by molar-refractivity contribution is 5.10. The molecule has 4 atom stereocenters. The molecule has 4 heteroatoms. The number of alkyl halides is 3. The van der Waals surface area contributed by atoms with Gasteiger partial charge in [0.1, 0.15) is 0 Å². The Balaban J connectivity index is 1.70. The minimum absolute atomic E-state index is 0.469. The molecule has 1 N–H and O–H groups in total. The fourth-order valence-corrected chi connectivity index (χ4v) is 2.90. The van der Waals surface area contributed by atoms with Crippen molar-refractivity contribution in [3.8, 4) is 0 Å². The van der Waals surface area contributed by atoms with Crippen LogP contribution in [0.15, 0.2) is 12.2 Å². The summed E-state index contributed by atoms with van der Waals surface area (Å²) in [4.78, 5) is 0. The zero-order valence-corrected chi connectivity index (χ0v) is 9.43. The zero-order chi connectivity index (χ0) is 11.8. The predicted octanol–water partition coefficient (Wildman–Crippen LogP) is 3.13. The number of rotatable bonds is 4. The molecule has 16 heavy (non-hydrogen) atoms. The van der Waals surface area contributed by atoms with E-state index in [4.69, 9.17) is 0 Å². The third-order valence-electron chi connectivity index (χ3n) is 3.68.